The molecule has 8 nitrogen and oxygen atoms in total. The lowest BCUT2D eigenvalue weighted by molar-refractivity contribution is -0.145. The van der Waals surface area contributed by atoms with E-state index in [0.717, 1.165) is 18.4 Å². The van der Waals surface area contributed by atoms with Crippen molar-refractivity contribution in [3.63, 3.8) is 0 Å². The Labute approximate surface area is 207 Å². The van der Waals surface area contributed by atoms with Crippen molar-refractivity contribution in [1.29, 1.82) is 0 Å². The van der Waals surface area contributed by atoms with Gasteiger partial charge in [-0.1, -0.05) is 44.2 Å². The summed E-state index contributed by atoms with van der Waals surface area (Å²) in [5.41, 5.74) is 3.96. The summed E-state index contributed by atoms with van der Waals surface area (Å²) in [6.45, 7) is 8.53. The molecule has 188 valence electrons. The number of ether oxygens (including phenoxy) is 1. The summed E-state index contributed by atoms with van der Waals surface area (Å²) in [7, 11) is 1.76. The fraction of sp³-hybridized carbons (Fsp3) is 0.444. The van der Waals surface area contributed by atoms with Crippen molar-refractivity contribution in [1.82, 2.24) is 15.3 Å². The van der Waals surface area contributed by atoms with E-state index < -0.39 is 0 Å². The van der Waals surface area contributed by atoms with Crippen LogP contribution in [0.15, 0.2) is 42.5 Å². The molecule has 2 aromatic carbocycles. The molecule has 1 aliphatic rings. The molecule has 1 aliphatic heterocycles. The van der Waals surface area contributed by atoms with Crippen LogP contribution in [0.1, 0.15) is 43.4 Å². The van der Waals surface area contributed by atoms with Gasteiger partial charge < -0.3 is 15.0 Å². The Morgan fingerprint density at radius 1 is 1.11 bits per heavy atom. The van der Waals surface area contributed by atoms with Crippen LogP contribution in [0.3, 0.4) is 0 Å². The first-order valence-corrected chi connectivity index (χ1v) is 12.1. The first kappa shape index (κ1) is 26.2. The Kier molecular flexibility index (Phi) is 9.25. The molecule has 0 radical (unpaired) electrons. The van der Waals surface area contributed by atoms with Crippen molar-refractivity contribution in [2.75, 3.05) is 31.6 Å². The molecule has 0 bridgehead atoms. The second-order valence-electron chi connectivity index (χ2n) is 9.41. The van der Waals surface area contributed by atoms with Crippen LogP contribution in [0.25, 0.3) is 0 Å². The van der Waals surface area contributed by atoms with Crippen LogP contribution in [0, 0.1) is 12.8 Å². The maximum absolute atomic E-state index is 13.3. The lowest BCUT2D eigenvalue weighted by Gasteiger charge is -2.32. The number of benzene rings is 2. The van der Waals surface area contributed by atoms with Crippen LogP contribution < -0.4 is 15.0 Å². The maximum Gasteiger partial charge on any atom is 0.298 e. The Morgan fingerprint density at radius 2 is 1.80 bits per heavy atom. The van der Waals surface area contributed by atoms with E-state index in [9.17, 15) is 14.4 Å². The molecule has 1 N–H and O–H groups in total. The molecule has 0 spiro atoms. The zero-order valence-electron chi connectivity index (χ0n) is 21.1. The molecule has 3 rings (SSSR count). The zero-order chi connectivity index (χ0) is 25.4. The van der Waals surface area contributed by atoms with Gasteiger partial charge in [-0.15, -0.1) is 0 Å². The lowest BCUT2D eigenvalue weighted by atomic mass is 10.1. The number of aryl methyl sites for hydroxylation is 1. The molecule has 1 heterocycles. The number of hydrazine groups is 1. The Bertz CT molecular complexity index is 1010. The Balaban J connectivity index is 1.72. The van der Waals surface area contributed by atoms with Crippen LogP contribution in [0.5, 0.6) is 5.75 Å². The van der Waals surface area contributed by atoms with Gasteiger partial charge in [0.15, 0.2) is 0 Å². The average molecular weight is 481 g/mol. The molecule has 2 aromatic rings. The highest BCUT2D eigenvalue weighted by molar-refractivity contribution is 5.87. The molecular weight excluding hydrogens is 444 g/mol. The van der Waals surface area contributed by atoms with E-state index in [-0.39, 0.29) is 24.9 Å². The Hall–Kier alpha value is -3.39. The molecule has 0 aliphatic carbocycles. The van der Waals surface area contributed by atoms with Crippen LogP contribution in [0.2, 0.25) is 0 Å². The van der Waals surface area contributed by atoms with E-state index in [1.165, 1.54) is 11.1 Å². The molecule has 35 heavy (non-hydrogen) atoms. The molecule has 0 saturated heterocycles. The number of likely N-dealkylation sites (N-methyl/N-ethyl adjacent to an activating group) is 1. The summed E-state index contributed by atoms with van der Waals surface area (Å²) in [5.74, 6) is 0.653. The normalized spacial score (nSPS) is 12.8. The predicted molar refractivity (Wildman–Crippen MR) is 136 cm³/mol. The number of fused-ring (bicyclic) bond motifs is 1. The highest BCUT2D eigenvalue weighted by Crippen LogP contribution is 2.27. The molecule has 0 saturated carbocycles. The van der Waals surface area contributed by atoms with Crippen molar-refractivity contribution in [2.24, 2.45) is 5.92 Å². The third-order valence-electron chi connectivity index (χ3n) is 6.26. The zero-order valence-corrected chi connectivity index (χ0v) is 21.1. The van der Waals surface area contributed by atoms with Crippen LogP contribution in [-0.2, 0) is 27.5 Å². The first-order valence-electron chi connectivity index (χ1n) is 12.1. The van der Waals surface area contributed by atoms with Crippen molar-refractivity contribution in [3.8, 4) is 5.75 Å². The molecular formula is C27H36N4O4. The van der Waals surface area contributed by atoms with E-state index in [4.69, 9.17) is 4.74 Å². The lowest BCUT2D eigenvalue weighted by Crippen LogP contribution is -2.48. The first-order chi connectivity index (χ1) is 16.8. The maximum atomic E-state index is 13.3. The van der Waals surface area contributed by atoms with Gasteiger partial charge >= 0.3 is 0 Å². The second kappa shape index (κ2) is 12.4. The molecule has 0 atom stereocenters. The molecule has 0 aromatic heterocycles. The van der Waals surface area contributed by atoms with Gasteiger partial charge in [0, 0.05) is 38.4 Å². The molecule has 8 heteroatoms. The highest BCUT2D eigenvalue weighted by atomic mass is 16.5. The van der Waals surface area contributed by atoms with Crippen LogP contribution >= 0.6 is 0 Å². The minimum Gasteiger partial charge on any atom is -0.429 e. The quantitative estimate of drug-likeness (QED) is 0.371. The summed E-state index contributed by atoms with van der Waals surface area (Å²) in [6, 6.07) is 13.3. The third-order valence-corrected chi connectivity index (χ3v) is 6.26. The van der Waals surface area contributed by atoms with E-state index >= 15 is 0 Å². The summed E-state index contributed by atoms with van der Waals surface area (Å²) >= 11 is 0. The van der Waals surface area contributed by atoms with Gasteiger partial charge in [-0.2, -0.15) is 0 Å². The van der Waals surface area contributed by atoms with Crippen LogP contribution in [0.4, 0.5) is 5.69 Å². The van der Waals surface area contributed by atoms with Crippen LogP contribution in [-0.4, -0.2) is 55.0 Å². The number of carbonyl (C=O) groups is 3. The van der Waals surface area contributed by atoms with Crippen molar-refractivity contribution >= 4 is 24.0 Å². The number of nitrogens with one attached hydrogen (secondary N) is 1. The fourth-order valence-corrected chi connectivity index (χ4v) is 4.20. The number of amides is 2. The highest BCUT2D eigenvalue weighted by Gasteiger charge is 2.27. The largest absolute Gasteiger partial charge is 0.429 e. The van der Waals surface area contributed by atoms with E-state index in [0.29, 0.717) is 43.5 Å². The summed E-state index contributed by atoms with van der Waals surface area (Å²) in [6.07, 6.45) is 1.94. The SMILES string of the molecule is Cc1ccc(OC=O)cc1N(CC(=O)NCCCC(C)C)CC(=O)N(C)N1Cc2ccccc2C1. The summed E-state index contributed by atoms with van der Waals surface area (Å²) < 4.78 is 5.02. The molecule has 0 unspecified atom stereocenters. The van der Waals surface area contributed by atoms with Gasteiger partial charge in [0.2, 0.25) is 5.91 Å². The summed E-state index contributed by atoms with van der Waals surface area (Å²) in [5, 5.41) is 6.59. The number of carbonyl (C=O) groups excluding carboxylic acids is 3. The summed E-state index contributed by atoms with van der Waals surface area (Å²) in [4.78, 5) is 38.7. The van der Waals surface area contributed by atoms with E-state index in [2.05, 4.69) is 31.3 Å². The van der Waals surface area contributed by atoms with Gasteiger partial charge in [-0.25, -0.2) is 5.01 Å². The third kappa shape index (κ3) is 7.29. The number of hydrogen-bond acceptors (Lipinski definition) is 6. The van der Waals surface area contributed by atoms with E-state index in [1.807, 2.05) is 30.1 Å². The van der Waals surface area contributed by atoms with E-state index in [1.54, 1.807) is 29.1 Å². The standard InChI is InChI=1S/C27H36N4O4/c1-20(2)8-7-13-28-26(33)17-30(25-14-24(35-19-32)12-11-21(25)3)18-27(34)29(4)31-15-22-9-5-6-10-23(22)16-31/h5-6,9-12,14,19-20H,7-8,13,15-18H2,1-4H3,(H,28,33). The molecule has 0 fully saturated rings. The topological polar surface area (TPSA) is 82.2 Å². The number of anilines is 1. The minimum absolute atomic E-state index is 0.00808. The smallest absolute Gasteiger partial charge is 0.298 e. The van der Waals surface area contributed by atoms with Gasteiger partial charge in [-0.05, 0) is 48.4 Å². The van der Waals surface area contributed by atoms with Crippen molar-refractivity contribution in [3.05, 3.63) is 59.2 Å². The second-order valence-corrected chi connectivity index (χ2v) is 9.41. The monoisotopic (exact) mass is 480 g/mol. The Morgan fingerprint density at radius 3 is 2.43 bits per heavy atom. The number of hydrogen-bond donors (Lipinski definition) is 1. The van der Waals surface area contributed by atoms with Gasteiger partial charge in [0.1, 0.15) is 5.75 Å². The van der Waals surface area contributed by atoms with Crippen molar-refractivity contribution < 1.29 is 19.1 Å². The minimum atomic E-state index is -0.154. The fourth-order valence-electron chi connectivity index (χ4n) is 4.20. The number of nitrogens with zero attached hydrogens (tertiary/aromatic N) is 3. The predicted octanol–water partition coefficient (Wildman–Crippen LogP) is 3.28. The van der Waals surface area contributed by atoms with Gasteiger partial charge in [0.05, 0.1) is 13.1 Å². The molecule has 2 amide bonds. The number of rotatable bonds is 12. The van der Waals surface area contributed by atoms with Gasteiger partial charge in [-0.3, -0.25) is 19.4 Å². The average Bonchev–Trinajstić information content (AvgIpc) is 3.26. The van der Waals surface area contributed by atoms with Crippen molar-refractivity contribution in [2.45, 2.75) is 46.7 Å². The van der Waals surface area contributed by atoms with Gasteiger partial charge in [0.25, 0.3) is 12.4 Å².